The summed E-state index contributed by atoms with van der Waals surface area (Å²) < 4.78 is 1.19. The van der Waals surface area contributed by atoms with E-state index in [2.05, 4.69) is 17.3 Å². The zero-order valence-electron chi connectivity index (χ0n) is 16.3. The topological polar surface area (TPSA) is 64.0 Å². The standard InChI is InChI=1S/C23H25N3O2/c1-3-4-5-18-8-12-20(13-9-18)24-22(27)16-26-23(28)15-14-21(25-26)19-10-6-17(2)7-11-19/h6-15H,3-5,16H2,1-2H3,(H,24,27). The first-order valence-electron chi connectivity index (χ1n) is 9.59. The maximum Gasteiger partial charge on any atom is 0.267 e. The minimum atomic E-state index is -0.305. The van der Waals surface area contributed by atoms with E-state index in [4.69, 9.17) is 0 Å². The van der Waals surface area contributed by atoms with Gasteiger partial charge in [-0.2, -0.15) is 5.10 Å². The number of nitrogens with zero attached hydrogens (tertiary/aromatic N) is 2. The van der Waals surface area contributed by atoms with Gasteiger partial charge < -0.3 is 5.32 Å². The fraction of sp³-hybridized carbons (Fsp3) is 0.261. The highest BCUT2D eigenvalue weighted by Gasteiger charge is 2.09. The van der Waals surface area contributed by atoms with Crippen molar-refractivity contribution in [3.63, 3.8) is 0 Å². The highest BCUT2D eigenvalue weighted by Crippen LogP contribution is 2.16. The van der Waals surface area contributed by atoms with E-state index in [1.807, 2.05) is 55.5 Å². The van der Waals surface area contributed by atoms with Gasteiger partial charge in [0.25, 0.3) is 5.56 Å². The van der Waals surface area contributed by atoms with Gasteiger partial charge in [0.2, 0.25) is 5.91 Å². The van der Waals surface area contributed by atoms with Crippen LogP contribution in [0.3, 0.4) is 0 Å². The summed E-state index contributed by atoms with van der Waals surface area (Å²) in [6.45, 7) is 4.05. The Bertz CT molecular complexity index is 990. The van der Waals surface area contributed by atoms with Crippen molar-refractivity contribution < 1.29 is 4.79 Å². The third-order valence-electron chi connectivity index (χ3n) is 4.56. The SMILES string of the molecule is CCCCc1ccc(NC(=O)Cn2nc(-c3ccc(C)cc3)ccc2=O)cc1. The first kappa shape index (κ1) is 19.5. The van der Waals surface area contributed by atoms with Crippen LogP contribution in [0.15, 0.2) is 65.5 Å². The molecule has 0 saturated heterocycles. The highest BCUT2D eigenvalue weighted by molar-refractivity contribution is 5.90. The number of aryl methyl sites for hydroxylation is 2. The quantitative estimate of drug-likeness (QED) is 0.673. The predicted octanol–water partition coefficient (Wildman–Crippen LogP) is 4.20. The van der Waals surface area contributed by atoms with Crippen LogP contribution >= 0.6 is 0 Å². The second kappa shape index (κ2) is 9.13. The minimum absolute atomic E-state index is 0.129. The van der Waals surface area contributed by atoms with E-state index < -0.39 is 0 Å². The van der Waals surface area contributed by atoms with Crippen LogP contribution in [0.5, 0.6) is 0 Å². The molecule has 5 nitrogen and oxygen atoms in total. The largest absolute Gasteiger partial charge is 0.324 e. The molecular formula is C23H25N3O2. The Labute approximate surface area is 165 Å². The molecule has 5 heteroatoms. The van der Waals surface area contributed by atoms with Crippen LogP contribution in [0.25, 0.3) is 11.3 Å². The zero-order valence-corrected chi connectivity index (χ0v) is 16.3. The van der Waals surface area contributed by atoms with Gasteiger partial charge in [-0.1, -0.05) is 55.3 Å². The van der Waals surface area contributed by atoms with E-state index in [0.717, 1.165) is 30.4 Å². The van der Waals surface area contributed by atoms with Crippen molar-refractivity contribution in [2.45, 2.75) is 39.7 Å². The van der Waals surface area contributed by atoms with Gasteiger partial charge >= 0.3 is 0 Å². The molecule has 3 rings (SSSR count). The van der Waals surface area contributed by atoms with E-state index in [0.29, 0.717) is 11.4 Å². The molecule has 1 heterocycles. The Balaban J connectivity index is 1.69. The van der Waals surface area contributed by atoms with Crippen LogP contribution < -0.4 is 10.9 Å². The van der Waals surface area contributed by atoms with Gasteiger partial charge in [-0.15, -0.1) is 0 Å². The monoisotopic (exact) mass is 375 g/mol. The molecule has 1 amide bonds. The summed E-state index contributed by atoms with van der Waals surface area (Å²) in [6, 6.07) is 18.8. The van der Waals surface area contributed by atoms with Gasteiger partial charge in [0.05, 0.1) is 5.69 Å². The van der Waals surface area contributed by atoms with Gasteiger partial charge in [0.15, 0.2) is 0 Å². The Morgan fingerprint density at radius 1 is 1.00 bits per heavy atom. The molecule has 0 aliphatic heterocycles. The van der Waals surface area contributed by atoms with Crippen molar-refractivity contribution >= 4 is 11.6 Å². The number of hydrogen-bond donors (Lipinski definition) is 1. The zero-order chi connectivity index (χ0) is 19.9. The summed E-state index contributed by atoms with van der Waals surface area (Å²) in [4.78, 5) is 24.5. The Morgan fingerprint density at radius 2 is 1.71 bits per heavy atom. The molecule has 0 aliphatic rings. The molecule has 0 saturated carbocycles. The maximum atomic E-state index is 12.4. The maximum absolute atomic E-state index is 12.4. The second-order valence-electron chi connectivity index (χ2n) is 6.93. The van der Waals surface area contributed by atoms with Crippen molar-refractivity contribution in [1.82, 2.24) is 9.78 Å². The molecule has 28 heavy (non-hydrogen) atoms. The Kier molecular flexibility index (Phi) is 6.37. The van der Waals surface area contributed by atoms with E-state index in [1.54, 1.807) is 6.07 Å². The molecule has 0 spiro atoms. The molecule has 2 aromatic carbocycles. The number of carbonyl (C=O) groups is 1. The van der Waals surface area contributed by atoms with Crippen LogP contribution in [0.4, 0.5) is 5.69 Å². The lowest BCUT2D eigenvalue weighted by Gasteiger charge is -2.09. The fourth-order valence-electron chi connectivity index (χ4n) is 2.91. The number of aromatic nitrogens is 2. The van der Waals surface area contributed by atoms with Crippen LogP contribution in [0.1, 0.15) is 30.9 Å². The first-order valence-corrected chi connectivity index (χ1v) is 9.59. The van der Waals surface area contributed by atoms with Crippen molar-refractivity contribution in [2.24, 2.45) is 0 Å². The summed E-state index contributed by atoms with van der Waals surface area (Å²) in [5, 5.41) is 7.17. The second-order valence-corrected chi connectivity index (χ2v) is 6.93. The van der Waals surface area contributed by atoms with Gasteiger partial charge in [-0.25, -0.2) is 4.68 Å². The van der Waals surface area contributed by atoms with Crippen molar-refractivity contribution in [3.05, 3.63) is 82.1 Å². The molecule has 0 atom stereocenters. The fourth-order valence-corrected chi connectivity index (χ4v) is 2.91. The van der Waals surface area contributed by atoms with Gasteiger partial charge in [0.1, 0.15) is 6.54 Å². The molecule has 144 valence electrons. The van der Waals surface area contributed by atoms with Gasteiger partial charge in [0, 0.05) is 17.3 Å². The molecule has 0 aliphatic carbocycles. The number of unbranched alkanes of at least 4 members (excludes halogenated alkanes) is 1. The third kappa shape index (κ3) is 5.16. The lowest BCUT2D eigenvalue weighted by atomic mass is 10.1. The Morgan fingerprint density at radius 3 is 2.39 bits per heavy atom. The minimum Gasteiger partial charge on any atom is -0.324 e. The molecular weight excluding hydrogens is 350 g/mol. The Hall–Kier alpha value is -3.21. The number of benzene rings is 2. The molecule has 0 fully saturated rings. The van der Waals surface area contributed by atoms with Crippen LogP contribution in [0, 0.1) is 6.92 Å². The van der Waals surface area contributed by atoms with Crippen molar-refractivity contribution in [2.75, 3.05) is 5.32 Å². The van der Waals surface area contributed by atoms with Crippen molar-refractivity contribution in [3.8, 4) is 11.3 Å². The number of rotatable bonds is 7. The molecule has 0 bridgehead atoms. The van der Waals surface area contributed by atoms with E-state index in [-0.39, 0.29) is 18.0 Å². The van der Waals surface area contributed by atoms with E-state index >= 15 is 0 Å². The molecule has 3 aromatic rings. The lowest BCUT2D eigenvalue weighted by Crippen LogP contribution is -2.29. The van der Waals surface area contributed by atoms with Gasteiger partial charge in [-0.3, -0.25) is 9.59 Å². The number of nitrogens with one attached hydrogen (secondary N) is 1. The van der Waals surface area contributed by atoms with Crippen molar-refractivity contribution in [1.29, 1.82) is 0 Å². The van der Waals surface area contributed by atoms with Crippen LogP contribution in [-0.4, -0.2) is 15.7 Å². The highest BCUT2D eigenvalue weighted by atomic mass is 16.2. The number of anilines is 1. The molecule has 0 radical (unpaired) electrons. The average Bonchev–Trinajstić information content (AvgIpc) is 2.70. The molecule has 1 aromatic heterocycles. The van der Waals surface area contributed by atoms with Gasteiger partial charge in [-0.05, 0) is 43.5 Å². The summed E-state index contributed by atoms with van der Waals surface area (Å²) >= 11 is 0. The summed E-state index contributed by atoms with van der Waals surface area (Å²) in [7, 11) is 0. The smallest absolute Gasteiger partial charge is 0.267 e. The van der Waals surface area contributed by atoms with Crippen LogP contribution in [0.2, 0.25) is 0 Å². The average molecular weight is 375 g/mol. The molecule has 1 N–H and O–H groups in total. The van der Waals surface area contributed by atoms with E-state index in [1.165, 1.54) is 16.3 Å². The lowest BCUT2D eigenvalue weighted by molar-refractivity contribution is -0.117. The normalized spacial score (nSPS) is 10.6. The number of hydrogen-bond acceptors (Lipinski definition) is 3. The third-order valence-corrected chi connectivity index (χ3v) is 4.56. The van der Waals surface area contributed by atoms with E-state index in [9.17, 15) is 9.59 Å². The number of carbonyl (C=O) groups excluding carboxylic acids is 1. The van der Waals surface area contributed by atoms with Crippen LogP contribution in [-0.2, 0) is 17.8 Å². The molecule has 0 unspecified atom stereocenters. The predicted molar refractivity (Wildman–Crippen MR) is 112 cm³/mol. The first-order chi connectivity index (χ1) is 13.5. The number of amides is 1. The summed E-state index contributed by atoms with van der Waals surface area (Å²) in [5.74, 6) is -0.281. The summed E-state index contributed by atoms with van der Waals surface area (Å²) in [5.41, 5.74) is 4.38. The summed E-state index contributed by atoms with van der Waals surface area (Å²) in [6.07, 6.45) is 3.34.